The number of allylic oxidation sites excluding steroid dienone is 1. The Labute approximate surface area is 83.5 Å². The molecule has 0 saturated heterocycles. The molecule has 0 radical (unpaired) electrons. The SMILES string of the molecule is C=C(C)C(=O)OC(=C(C)C)C(O)CO. The van der Waals surface area contributed by atoms with E-state index in [9.17, 15) is 9.90 Å². The molecule has 0 heterocycles. The van der Waals surface area contributed by atoms with E-state index in [1.165, 1.54) is 6.92 Å². The molecule has 2 N–H and O–H groups in total. The Kier molecular flexibility index (Phi) is 5.12. The van der Waals surface area contributed by atoms with Crippen LogP contribution >= 0.6 is 0 Å². The summed E-state index contributed by atoms with van der Waals surface area (Å²) in [5, 5.41) is 18.0. The van der Waals surface area contributed by atoms with E-state index >= 15 is 0 Å². The van der Waals surface area contributed by atoms with Gasteiger partial charge in [-0.2, -0.15) is 0 Å². The van der Waals surface area contributed by atoms with Gasteiger partial charge in [0.05, 0.1) is 6.61 Å². The monoisotopic (exact) mass is 200 g/mol. The highest BCUT2D eigenvalue weighted by Crippen LogP contribution is 2.12. The Hall–Kier alpha value is -1.13. The first-order valence-electron chi connectivity index (χ1n) is 4.24. The summed E-state index contributed by atoms with van der Waals surface area (Å²) in [7, 11) is 0. The zero-order valence-corrected chi connectivity index (χ0v) is 8.70. The third-order valence-corrected chi connectivity index (χ3v) is 1.52. The lowest BCUT2D eigenvalue weighted by molar-refractivity contribution is -0.137. The minimum Gasteiger partial charge on any atom is -0.425 e. The average molecular weight is 200 g/mol. The van der Waals surface area contributed by atoms with Gasteiger partial charge in [0.15, 0.2) is 0 Å². The Morgan fingerprint density at radius 1 is 1.43 bits per heavy atom. The number of carbonyl (C=O) groups is 1. The number of aliphatic hydroxyl groups excluding tert-OH is 2. The van der Waals surface area contributed by atoms with E-state index in [4.69, 9.17) is 9.84 Å². The van der Waals surface area contributed by atoms with Gasteiger partial charge < -0.3 is 14.9 Å². The van der Waals surface area contributed by atoms with Crippen LogP contribution < -0.4 is 0 Å². The van der Waals surface area contributed by atoms with Gasteiger partial charge in [-0.25, -0.2) is 4.79 Å². The van der Waals surface area contributed by atoms with Crippen LogP contribution in [0.5, 0.6) is 0 Å². The molecule has 0 aromatic rings. The van der Waals surface area contributed by atoms with Gasteiger partial charge in [0.1, 0.15) is 11.9 Å². The largest absolute Gasteiger partial charge is 0.425 e. The molecule has 0 saturated carbocycles. The van der Waals surface area contributed by atoms with Crippen molar-refractivity contribution in [1.29, 1.82) is 0 Å². The molecular formula is C10H16O4. The molecule has 0 amide bonds. The predicted octanol–water partition coefficient (Wildman–Crippen LogP) is 0.753. The summed E-state index contributed by atoms with van der Waals surface area (Å²) in [6.07, 6.45) is -1.16. The zero-order valence-electron chi connectivity index (χ0n) is 8.70. The fraction of sp³-hybridized carbons (Fsp3) is 0.500. The lowest BCUT2D eigenvalue weighted by atomic mass is 10.2. The second-order valence-corrected chi connectivity index (χ2v) is 3.23. The number of hydrogen-bond donors (Lipinski definition) is 2. The first kappa shape index (κ1) is 12.9. The van der Waals surface area contributed by atoms with Crippen molar-refractivity contribution in [3.05, 3.63) is 23.5 Å². The second-order valence-electron chi connectivity index (χ2n) is 3.23. The molecule has 4 nitrogen and oxygen atoms in total. The van der Waals surface area contributed by atoms with Gasteiger partial charge in [0, 0.05) is 5.57 Å². The quantitative estimate of drug-likeness (QED) is 0.399. The normalized spacial score (nSPS) is 11.8. The molecule has 0 spiro atoms. The molecule has 0 aromatic carbocycles. The molecule has 1 unspecified atom stereocenters. The number of esters is 1. The highest BCUT2D eigenvalue weighted by atomic mass is 16.5. The van der Waals surface area contributed by atoms with Crippen LogP contribution in [0, 0.1) is 0 Å². The maximum atomic E-state index is 11.1. The minimum absolute atomic E-state index is 0.0838. The van der Waals surface area contributed by atoms with E-state index in [2.05, 4.69) is 6.58 Å². The number of carbonyl (C=O) groups excluding carboxylic acids is 1. The maximum Gasteiger partial charge on any atom is 0.338 e. The maximum absolute atomic E-state index is 11.1. The Balaban J connectivity index is 4.66. The summed E-state index contributed by atoms with van der Waals surface area (Å²) in [4.78, 5) is 11.1. The molecule has 80 valence electrons. The fourth-order valence-corrected chi connectivity index (χ4v) is 0.773. The van der Waals surface area contributed by atoms with E-state index in [0.717, 1.165) is 0 Å². The topological polar surface area (TPSA) is 66.8 Å². The Morgan fingerprint density at radius 2 is 1.93 bits per heavy atom. The molecule has 0 fully saturated rings. The fourth-order valence-electron chi connectivity index (χ4n) is 0.773. The number of aliphatic hydroxyl groups is 2. The van der Waals surface area contributed by atoms with Crippen molar-refractivity contribution < 1.29 is 19.7 Å². The highest BCUT2D eigenvalue weighted by molar-refractivity contribution is 5.87. The van der Waals surface area contributed by atoms with Gasteiger partial charge >= 0.3 is 5.97 Å². The molecule has 0 aromatic heterocycles. The second kappa shape index (κ2) is 5.57. The number of rotatable bonds is 4. The van der Waals surface area contributed by atoms with Crippen molar-refractivity contribution in [2.75, 3.05) is 6.61 Å². The molecular weight excluding hydrogens is 184 g/mol. The lowest BCUT2D eigenvalue weighted by Crippen LogP contribution is -2.21. The summed E-state index contributed by atoms with van der Waals surface area (Å²) in [5.41, 5.74) is 0.884. The van der Waals surface area contributed by atoms with Crippen molar-refractivity contribution in [3.63, 3.8) is 0 Å². The van der Waals surface area contributed by atoms with Crippen LogP contribution in [0.15, 0.2) is 23.5 Å². The van der Waals surface area contributed by atoms with Crippen molar-refractivity contribution in [2.45, 2.75) is 26.9 Å². The molecule has 4 heteroatoms. The average Bonchev–Trinajstić information content (AvgIpc) is 2.11. The molecule has 0 rings (SSSR count). The summed E-state index contributed by atoms with van der Waals surface area (Å²) in [6, 6.07) is 0. The van der Waals surface area contributed by atoms with Gasteiger partial charge in [0.25, 0.3) is 0 Å². The third kappa shape index (κ3) is 3.72. The van der Waals surface area contributed by atoms with E-state index < -0.39 is 18.7 Å². The first-order valence-corrected chi connectivity index (χ1v) is 4.24. The standard InChI is InChI=1S/C10H16O4/c1-6(2)9(8(12)5-11)14-10(13)7(3)4/h8,11-12H,3,5H2,1-2,4H3. The van der Waals surface area contributed by atoms with Crippen LogP contribution in [-0.4, -0.2) is 28.9 Å². The van der Waals surface area contributed by atoms with Crippen LogP contribution in [0.2, 0.25) is 0 Å². The summed E-state index contributed by atoms with van der Waals surface area (Å²) in [5.74, 6) is -0.519. The molecule has 1 atom stereocenters. The van der Waals surface area contributed by atoms with E-state index in [-0.39, 0.29) is 11.3 Å². The third-order valence-electron chi connectivity index (χ3n) is 1.52. The van der Waals surface area contributed by atoms with Gasteiger partial charge in [0.2, 0.25) is 0 Å². The zero-order chi connectivity index (χ0) is 11.3. The first-order chi connectivity index (χ1) is 6.40. The van der Waals surface area contributed by atoms with Gasteiger partial charge in [-0.1, -0.05) is 6.58 Å². The minimum atomic E-state index is -1.16. The Morgan fingerprint density at radius 3 is 2.21 bits per heavy atom. The van der Waals surface area contributed by atoms with Crippen LogP contribution in [0.25, 0.3) is 0 Å². The molecule has 14 heavy (non-hydrogen) atoms. The molecule has 0 aliphatic heterocycles. The van der Waals surface area contributed by atoms with Gasteiger partial charge in [-0.05, 0) is 26.3 Å². The van der Waals surface area contributed by atoms with E-state index in [1.807, 2.05) is 0 Å². The van der Waals surface area contributed by atoms with Gasteiger partial charge in [-0.15, -0.1) is 0 Å². The van der Waals surface area contributed by atoms with Crippen molar-refractivity contribution in [3.8, 4) is 0 Å². The van der Waals surface area contributed by atoms with Crippen LogP contribution in [0.3, 0.4) is 0 Å². The summed E-state index contributed by atoms with van der Waals surface area (Å²) in [6.45, 7) is 7.80. The number of ether oxygens (including phenoxy) is 1. The lowest BCUT2D eigenvalue weighted by Gasteiger charge is -2.14. The highest BCUT2D eigenvalue weighted by Gasteiger charge is 2.17. The number of hydrogen-bond acceptors (Lipinski definition) is 4. The van der Waals surface area contributed by atoms with Gasteiger partial charge in [-0.3, -0.25) is 0 Å². The predicted molar refractivity (Wildman–Crippen MR) is 52.4 cm³/mol. The van der Waals surface area contributed by atoms with Crippen molar-refractivity contribution in [2.24, 2.45) is 0 Å². The molecule has 0 aliphatic carbocycles. The van der Waals surface area contributed by atoms with Crippen LogP contribution in [0.4, 0.5) is 0 Å². The van der Waals surface area contributed by atoms with Crippen molar-refractivity contribution in [1.82, 2.24) is 0 Å². The summed E-state index contributed by atoms with van der Waals surface area (Å²) < 4.78 is 4.86. The van der Waals surface area contributed by atoms with Crippen molar-refractivity contribution >= 4 is 5.97 Å². The summed E-state index contributed by atoms with van der Waals surface area (Å²) >= 11 is 0. The van der Waals surface area contributed by atoms with Crippen LogP contribution in [0.1, 0.15) is 20.8 Å². The smallest absolute Gasteiger partial charge is 0.338 e. The van der Waals surface area contributed by atoms with Crippen LogP contribution in [-0.2, 0) is 9.53 Å². The Bertz CT molecular complexity index is 261. The van der Waals surface area contributed by atoms with E-state index in [0.29, 0.717) is 5.57 Å². The molecule has 0 bridgehead atoms. The molecule has 0 aliphatic rings. The van der Waals surface area contributed by atoms with E-state index in [1.54, 1.807) is 13.8 Å².